The molecule has 0 fully saturated rings. The Balaban J connectivity index is 2.20. The molecule has 2 aromatic rings. The highest BCUT2D eigenvalue weighted by Crippen LogP contribution is 2.29. The zero-order valence-electron chi connectivity index (χ0n) is 11.6. The summed E-state index contributed by atoms with van der Waals surface area (Å²) in [6.07, 6.45) is 0.467. The zero-order chi connectivity index (χ0) is 15.6. The Bertz CT molecular complexity index is 648. The van der Waals surface area contributed by atoms with Crippen molar-refractivity contribution in [1.29, 1.82) is 0 Å². The van der Waals surface area contributed by atoms with Gasteiger partial charge in [-0.2, -0.15) is 0 Å². The molecule has 1 N–H and O–H groups in total. The summed E-state index contributed by atoms with van der Waals surface area (Å²) in [4.78, 5) is 10.8. The second kappa shape index (κ2) is 6.27. The SMILES string of the molecule is CC(C)(CC(=O)O)Cc1nnc(-c2cc(Br)cc(Br)c2)o1. The quantitative estimate of drug-likeness (QED) is 0.784. The number of hydrogen-bond acceptors (Lipinski definition) is 4. The van der Waals surface area contributed by atoms with Crippen molar-refractivity contribution in [2.75, 3.05) is 0 Å². The van der Waals surface area contributed by atoms with E-state index in [2.05, 4.69) is 42.1 Å². The number of carboxylic acid groups (broad SMARTS) is 1. The summed E-state index contributed by atoms with van der Waals surface area (Å²) in [7, 11) is 0. The number of benzene rings is 1. The lowest BCUT2D eigenvalue weighted by atomic mass is 9.86. The summed E-state index contributed by atoms with van der Waals surface area (Å²) in [5, 5.41) is 16.9. The number of carbonyl (C=O) groups is 1. The van der Waals surface area contributed by atoms with Crippen molar-refractivity contribution in [2.24, 2.45) is 5.41 Å². The van der Waals surface area contributed by atoms with E-state index in [1.165, 1.54) is 0 Å². The fourth-order valence-corrected chi connectivity index (χ4v) is 3.29. The average Bonchev–Trinajstić information content (AvgIpc) is 2.73. The van der Waals surface area contributed by atoms with E-state index in [0.717, 1.165) is 14.5 Å². The molecule has 0 spiro atoms. The predicted molar refractivity (Wildman–Crippen MR) is 84.9 cm³/mol. The van der Waals surface area contributed by atoms with Gasteiger partial charge >= 0.3 is 5.97 Å². The molecule has 1 heterocycles. The van der Waals surface area contributed by atoms with Crippen LogP contribution in [0.2, 0.25) is 0 Å². The summed E-state index contributed by atoms with van der Waals surface area (Å²) in [5.74, 6) is 0.0149. The van der Waals surface area contributed by atoms with Gasteiger partial charge < -0.3 is 9.52 Å². The van der Waals surface area contributed by atoms with Crippen LogP contribution in [0, 0.1) is 5.41 Å². The predicted octanol–water partition coefficient (Wildman–Crippen LogP) is 4.31. The van der Waals surface area contributed by atoms with Gasteiger partial charge in [-0.25, -0.2) is 0 Å². The Morgan fingerprint density at radius 1 is 1.24 bits per heavy atom. The second-order valence-electron chi connectivity index (χ2n) is 5.57. The van der Waals surface area contributed by atoms with Gasteiger partial charge in [0.15, 0.2) is 0 Å². The fourth-order valence-electron chi connectivity index (χ4n) is 2.00. The highest BCUT2D eigenvalue weighted by Gasteiger charge is 2.25. The van der Waals surface area contributed by atoms with Crippen LogP contribution in [0.4, 0.5) is 0 Å². The Morgan fingerprint density at radius 2 is 1.86 bits per heavy atom. The minimum atomic E-state index is -0.837. The molecule has 0 saturated heterocycles. The van der Waals surface area contributed by atoms with Gasteiger partial charge in [0.1, 0.15) is 0 Å². The maximum absolute atomic E-state index is 10.8. The van der Waals surface area contributed by atoms with Crippen LogP contribution in [-0.2, 0) is 11.2 Å². The van der Waals surface area contributed by atoms with Crippen LogP contribution < -0.4 is 0 Å². The molecule has 1 aromatic heterocycles. The van der Waals surface area contributed by atoms with E-state index in [0.29, 0.717) is 18.2 Å². The molecule has 21 heavy (non-hydrogen) atoms. The maximum atomic E-state index is 10.8. The summed E-state index contributed by atoms with van der Waals surface area (Å²) < 4.78 is 7.44. The summed E-state index contributed by atoms with van der Waals surface area (Å²) >= 11 is 6.82. The van der Waals surface area contributed by atoms with Crippen LogP contribution in [0.15, 0.2) is 31.6 Å². The molecule has 2 rings (SSSR count). The van der Waals surface area contributed by atoms with E-state index in [-0.39, 0.29) is 6.42 Å². The smallest absolute Gasteiger partial charge is 0.303 e. The van der Waals surface area contributed by atoms with E-state index < -0.39 is 11.4 Å². The molecule has 0 saturated carbocycles. The number of hydrogen-bond donors (Lipinski definition) is 1. The fraction of sp³-hybridized carbons (Fsp3) is 0.357. The maximum Gasteiger partial charge on any atom is 0.303 e. The van der Waals surface area contributed by atoms with Crippen molar-refractivity contribution in [3.8, 4) is 11.5 Å². The number of aromatic nitrogens is 2. The molecule has 0 unspecified atom stereocenters. The number of aliphatic carboxylic acids is 1. The van der Waals surface area contributed by atoms with Gasteiger partial charge in [-0.15, -0.1) is 10.2 Å². The van der Waals surface area contributed by atoms with Crippen molar-refractivity contribution < 1.29 is 14.3 Å². The molecule has 0 atom stereocenters. The van der Waals surface area contributed by atoms with Crippen LogP contribution in [0.5, 0.6) is 0 Å². The third-order valence-corrected chi connectivity index (χ3v) is 3.75. The number of nitrogens with zero attached hydrogens (tertiary/aromatic N) is 2. The molecular formula is C14H14Br2N2O3. The third-order valence-electron chi connectivity index (χ3n) is 2.84. The molecule has 0 aliphatic carbocycles. The van der Waals surface area contributed by atoms with Crippen molar-refractivity contribution >= 4 is 37.8 Å². The third kappa shape index (κ3) is 4.64. The summed E-state index contributed by atoms with van der Waals surface area (Å²) in [6.45, 7) is 3.72. The molecule has 0 aliphatic rings. The minimum absolute atomic E-state index is 0.0488. The van der Waals surface area contributed by atoms with Crippen molar-refractivity contribution in [2.45, 2.75) is 26.7 Å². The van der Waals surface area contributed by atoms with Gasteiger partial charge in [0, 0.05) is 20.9 Å². The average molecular weight is 418 g/mol. The molecule has 0 radical (unpaired) electrons. The van der Waals surface area contributed by atoms with E-state index in [1.807, 2.05) is 32.0 Å². The van der Waals surface area contributed by atoms with Gasteiger partial charge in [-0.3, -0.25) is 4.79 Å². The highest BCUT2D eigenvalue weighted by atomic mass is 79.9. The molecule has 112 valence electrons. The topological polar surface area (TPSA) is 76.2 Å². The minimum Gasteiger partial charge on any atom is -0.481 e. The molecule has 0 bridgehead atoms. The second-order valence-corrected chi connectivity index (χ2v) is 7.40. The lowest BCUT2D eigenvalue weighted by molar-refractivity contribution is -0.139. The van der Waals surface area contributed by atoms with Gasteiger partial charge in [0.05, 0.1) is 6.42 Å². The first-order valence-corrected chi connectivity index (χ1v) is 7.84. The molecule has 0 amide bonds. The first-order chi connectivity index (χ1) is 9.75. The molecule has 7 heteroatoms. The van der Waals surface area contributed by atoms with Crippen molar-refractivity contribution in [1.82, 2.24) is 10.2 Å². The first-order valence-electron chi connectivity index (χ1n) is 6.26. The van der Waals surface area contributed by atoms with E-state index in [9.17, 15) is 4.79 Å². The monoisotopic (exact) mass is 416 g/mol. The van der Waals surface area contributed by atoms with E-state index in [1.54, 1.807) is 0 Å². The highest BCUT2D eigenvalue weighted by molar-refractivity contribution is 9.11. The van der Waals surface area contributed by atoms with Gasteiger partial charge in [0.2, 0.25) is 11.8 Å². The first kappa shape index (κ1) is 16.2. The van der Waals surface area contributed by atoms with E-state index in [4.69, 9.17) is 9.52 Å². The normalized spacial score (nSPS) is 11.6. The number of carboxylic acids is 1. The summed E-state index contributed by atoms with van der Waals surface area (Å²) in [5.41, 5.74) is 0.360. The lowest BCUT2D eigenvalue weighted by Crippen LogP contribution is -2.19. The van der Waals surface area contributed by atoms with Crippen LogP contribution in [0.3, 0.4) is 0 Å². The lowest BCUT2D eigenvalue weighted by Gasteiger charge is -2.19. The molecule has 5 nitrogen and oxygen atoms in total. The van der Waals surface area contributed by atoms with Crippen molar-refractivity contribution in [3.63, 3.8) is 0 Å². The largest absolute Gasteiger partial charge is 0.481 e. The van der Waals surface area contributed by atoms with Crippen LogP contribution in [-0.4, -0.2) is 21.3 Å². The number of halogens is 2. The van der Waals surface area contributed by atoms with Crippen LogP contribution in [0.1, 0.15) is 26.2 Å². The van der Waals surface area contributed by atoms with E-state index >= 15 is 0 Å². The Kier molecular flexibility index (Phi) is 4.83. The Morgan fingerprint density at radius 3 is 2.43 bits per heavy atom. The molecule has 1 aromatic carbocycles. The van der Waals surface area contributed by atoms with Crippen molar-refractivity contribution in [3.05, 3.63) is 33.0 Å². The standard InChI is InChI=1S/C14H14Br2N2O3/c1-14(2,7-12(19)20)6-11-17-18-13(21-11)8-3-9(15)5-10(16)4-8/h3-5H,6-7H2,1-2H3,(H,19,20). The van der Waals surface area contributed by atoms with Crippen LogP contribution in [0.25, 0.3) is 11.5 Å². The van der Waals surface area contributed by atoms with Gasteiger partial charge in [0.25, 0.3) is 0 Å². The number of rotatable bonds is 5. The Hall–Kier alpha value is -1.21. The Labute approximate surface area is 139 Å². The van der Waals surface area contributed by atoms with Crippen LogP contribution >= 0.6 is 31.9 Å². The summed E-state index contributed by atoms with van der Waals surface area (Å²) in [6, 6.07) is 5.67. The molecular weight excluding hydrogens is 404 g/mol. The van der Waals surface area contributed by atoms with Gasteiger partial charge in [-0.1, -0.05) is 45.7 Å². The zero-order valence-corrected chi connectivity index (χ0v) is 14.7. The van der Waals surface area contributed by atoms with Gasteiger partial charge in [-0.05, 0) is 23.6 Å². The molecule has 0 aliphatic heterocycles.